The summed E-state index contributed by atoms with van der Waals surface area (Å²) in [7, 11) is 0. The molecule has 3 rings (SSSR count). The molecule has 1 heterocycles. The summed E-state index contributed by atoms with van der Waals surface area (Å²) in [5.74, 6) is 0.799. The number of amides is 1. The third kappa shape index (κ3) is 2.65. The van der Waals surface area contributed by atoms with Crippen LogP contribution in [0.25, 0.3) is 0 Å². The maximum atomic E-state index is 12.3. The summed E-state index contributed by atoms with van der Waals surface area (Å²) in [6.07, 6.45) is 3.75. The standard InChI is InChI=1S/C15H19NO2S/c17-14(16-10-15(18)7-3-4-8-15)12-9-19-13-6-2-1-5-11(12)13/h1-2,5-6,12,18H,3-4,7-10H2,(H,16,17). The quantitative estimate of drug-likeness (QED) is 0.891. The van der Waals surface area contributed by atoms with E-state index in [1.165, 1.54) is 4.90 Å². The van der Waals surface area contributed by atoms with Crippen molar-refractivity contribution in [2.45, 2.75) is 42.1 Å². The summed E-state index contributed by atoms with van der Waals surface area (Å²) in [5.41, 5.74) is 0.462. The van der Waals surface area contributed by atoms with Gasteiger partial charge in [-0.25, -0.2) is 0 Å². The number of thioether (sulfide) groups is 1. The predicted octanol–water partition coefficient (Wildman–Crippen LogP) is 2.30. The highest BCUT2D eigenvalue weighted by atomic mass is 32.2. The van der Waals surface area contributed by atoms with Crippen LogP contribution in [0.5, 0.6) is 0 Å². The zero-order valence-electron chi connectivity index (χ0n) is 10.9. The maximum Gasteiger partial charge on any atom is 0.228 e. The van der Waals surface area contributed by atoms with Gasteiger partial charge < -0.3 is 10.4 Å². The normalized spacial score (nSPS) is 24.2. The lowest BCUT2D eigenvalue weighted by molar-refractivity contribution is -0.123. The molecule has 102 valence electrons. The van der Waals surface area contributed by atoms with Crippen LogP contribution < -0.4 is 5.32 Å². The highest BCUT2D eigenvalue weighted by molar-refractivity contribution is 7.99. The third-order valence-corrected chi connectivity index (χ3v) is 5.33. The molecule has 1 amide bonds. The second-order valence-electron chi connectivity index (χ2n) is 5.55. The van der Waals surface area contributed by atoms with Gasteiger partial charge in [0.05, 0.1) is 11.5 Å². The van der Waals surface area contributed by atoms with Crippen molar-refractivity contribution in [3.8, 4) is 0 Å². The van der Waals surface area contributed by atoms with Gasteiger partial charge in [0.25, 0.3) is 0 Å². The first-order chi connectivity index (χ1) is 9.18. The van der Waals surface area contributed by atoms with E-state index < -0.39 is 5.60 Å². The van der Waals surface area contributed by atoms with Crippen LogP contribution in [-0.2, 0) is 4.79 Å². The molecule has 0 bridgehead atoms. The largest absolute Gasteiger partial charge is 0.388 e. The van der Waals surface area contributed by atoms with Gasteiger partial charge in [-0.05, 0) is 24.5 Å². The van der Waals surface area contributed by atoms with Gasteiger partial charge in [-0.15, -0.1) is 11.8 Å². The smallest absolute Gasteiger partial charge is 0.228 e. The zero-order chi connectivity index (χ0) is 13.3. The molecule has 1 saturated carbocycles. The van der Waals surface area contributed by atoms with Crippen LogP contribution in [0.4, 0.5) is 0 Å². The van der Waals surface area contributed by atoms with E-state index in [1.807, 2.05) is 18.2 Å². The number of fused-ring (bicyclic) bond motifs is 1. The van der Waals surface area contributed by atoms with Crippen molar-refractivity contribution >= 4 is 17.7 Å². The number of hydrogen-bond acceptors (Lipinski definition) is 3. The molecule has 0 aromatic heterocycles. The minimum Gasteiger partial charge on any atom is -0.388 e. The molecule has 1 aromatic rings. The Morgan fingerprint density at radius 3 is 2.89 bits per heavy atom. The van der Waals surface area contributed by atoms with Crippen LogP contribution in [0.1, 0.15) is 37.2 Å². The lowest BCUT2D eigenvalue weighted by Gasteiger charge is -2.23. The van der Waals surface area contributed by atoms with Gasteiger partial charge in [-0.2, -0.15) is 0 Å². The van der Waals surface area contributed by atoms with Gasteiger partial charge in [0.1, 0.15) is 0 Å². The minimum absolute atomic E-state index is 0.0535. The Bertz CT molecular complexity index is 483. The predicted molar refractivity (Wildman–Crippen MR) is 76.3 cm³/mol. The number of carbonyl (C=O) groups excluding carboxylic acids is 1. The number of carbonyl (C=O) groups is 1. The van der Waals surface area contributed by atoms with E-state index in [1.54, 1.807) is 11.8 Å². The first kappa shape index (κ1) is 13.0. The average molecular weight is 277 g/mol. The fourth-order valence-electron chi connectivity index (χ4n) is 2.96. The van der Waals surface area contributed by atoms with E-state index in [4.69, 9.17) is 0 Å². The van der Waals surface area contributed by atoms with Crippen molar-refractivity contribution in [2.75, 3.05) is 12.3 Å². The lowest BCUT2D eigenvalue weighted by atomic mass is 9.99. The molecule has 19 heavy (non-hydrogen) atoms. The molecule has 4 heteroatoms. The number of aliphatic hydroxyl groups is 1. The first-order valence-corrected chi connectivity index (χ1v) is 7.88. The Morgan fingerprint density at radius 1 is 1.37 bits per heavy atom. The molecule has 1 atom stereocenters. The monoisotopic (exact) mass is 277 g/mol. The van der Waals surface area contributed by atoms with Crippen LogP contribution in [-0.4, -0.2) is 28.9 Å². The summed E-state index contributed by atoms with van der Waals surface area (Å²) in [4.78, 5) is 13.5. The first-order valence-electron chi connectivity index (χ1n) is 6.90. The minimum atomic E-state index is -0.666. The molecule has 2 N–H and O–H groups in total. The molecule has 1 aliphatic carbocycles. The summed E-state index contributed by atoms with van der Waals surface area (Å²) in [6.45, 7) is 0.398. The fraction of sp³-hybridized carbons (Fsp3) is 0.533. The van der Waals surface area contributed by atoms with Crippen molar-refractivity contribution in [1.82, 2.24) is 5.32 Å². The van der Waals surface area contributed by atoms with Crippen LogP contribution in [0.3, 0.4) is 0 Å². The SMILES string of the molecule is O=C(NCC1(O)CCCC1)C1CSc2ccccc21. The Balaban J connectivity index is 1.63. The lowest BCUT2D eigenvalue weighted by Crippen LogP contribution is -2.42. The zero-order valence-corrected chi connectivity index (χ0v) is 11.7. The van der Waals surface area contributed by atoms with Crippen LogP contribution >= 0.6 is 11.8 Å². The number of nitrogens with one attached hydrogen (secondary N) is 1. The van der Waals surface area contributed by atoms with Gasteiger partial charge >= 0.3 is 0 Å². The van der Waals surface area contributed by atoms with Crippen molar-refractivity contribution in [2.24, 2.45) is 0 Å². The van der Waals surface area contributed by atoms with E-state index in [2.05, 4.69) is 11.4 Å². The molecule has 1 aromatic carbocycles. The molecule has 0 spiro atoms. The van der Waals surface area contributed by atoms with E-state index >= 15 is 0 Å². The van der Waals surface area contributed by atoms with Crippen molar-refractivity contribution in [3.63, 3.8) is 0 Å². The number of hydrogen-bond donors (Lipinski definition) is 2. The van der Waals surface area contributed by atoms with Gasteiger partial charge in [-0.1, -0.05) is 31.0 Å². The summed E-state index contributed by atoms with van der Waals surface area (Å²) >= 11 is 1.74. The van der Waals surface area contributed by atoms with Gasteiger partial charge in [-0.3, -0.25) is 4.79 Å². The Labute approximate surface area is 117 Å². The Morgan fingerprint density at radius 2 is 2.11 bits per heavy atom. The molecule has 0 saturated heterocycles. The Hall–Kier alpha value is -1.00. The van der Waals surface area contributed by atoms with E-state index in [9.17, 15) is 9.90 Å². The average Bonchev–Trinajstić information content (AvgIpc) is 3.03. The van der Waals surface area contributed by atoms with Gasteiger partial charge in [0, 0.05) is 17.2 Å². The van der Waals surface area contributed by atoms with Gasteiger partial charge in [0.15, 0.2) is 0 Å². The number of benzene rings is 1. The maximum absolute atomic E-state index is 12.3. The summed E-state index contributed by atoms with van der Waals surface area (Å²) in [6, 6.07) is 8.09. The number of rotatable bonds is 3. The van der Waals surface area contributed by atoms with E-state index in [0.717, 1.165) is 37.0 Å². The van der Waals surface area contributed by atoms with E-state index in [0.29, 0.717) is 6.54 Å². The molecule has 1 unspecified atom stereocenters. The molecule has 0 radical (unpaired) electrons. The van der Waals surface area contributed by atoms with Crippen molar-refractivity contribution in [1.29, 1.82) is 0 Å². The highest BCUT2D eigenvalue weighted by Gasteiger charge is 2.34. The van der Waals surface area contributed by atoms with Gasteiger partial charge in [0.2, 0.25) is 5.91 Å². The van der Waals surface area contributed by atoms with Crippen molar-refractivity contribution in [3.05, 3.63) is 29.8 Å². The summed E-state index contributed by atoms with van der Waals surface area (Å²) in [5, 5.41) is 13.2. The Kier molecular flexibility index (Phi) is 3.54. The molecule has 1 aliphatic heterocycles. The van der Waals surface area contributed by atoms with Crippen LogP contribution in [0.2, 0.25) is 0 Å². The van der Waals surface area contributed by atoms with Crippen molar-refractivity contribution < 1.29 is 9.90 Å². The molecule has 2 aliphatic rings. The summed E-state index contributed by atoms with van der Waals surface area (Å²) < 4.78 is 0. The molecular weight excluding hydrogens is 258 g/mol. The van der Waals surface area contributed by atoms with E-state index in [-0.39, 0.29) is 11.8 Å². The molecular formula is C15H19NO2S. The fourth-order valence-corrected chi connectivity index (χ4v) is 4.19. The molecule has 1 fully saturated rings. The highest BCUT2D eigenvalue weighted by Crippen LogP contribution is 2.39. The second-order valence-corrected chi connectivity index (χ2v) is 6.61. The van der Waals surface area contributed by atoms with Crippen LogP contribution in [0, 0.1) is 0 Å². The second kappa shape index (κ2) is 5.17. The third-order valence-electron chi connectivity index (χ3n) is 4.14. The molecule has 3 nitrogen and oxygen atoms in total. The van der Waals surface area contributed by atoms with Crippen LogP contribution in [0.15, 0.2) is 29.2 Å². The topological polar surface area (TPSA) is 49.3 Å².